The maximum Gasteiger partial charge on any atom is 0.233 e. The summed E-state index contributed by atoms with van der Waals surface area (Å²) in [6, 6.07) is 7.04. The van der Waals surface area contributed by atoms with Gasteiger partial charge in [0.2, 0.25) is 17.5 Å². The van der Waals surface area contributed by atoms with Crippen LogP contribution in [0.2, 0.25) is 0 Å². The zero-order valence-corrected chi connectivity index (χ0v) is 10.8. The molecule has 0 bridgehead atoms. The smallest absolute Gasteiger partial charge is 0.233 e. The van der Waals surface area contributed by atoms with E-state index in [4.69, 9.17) is 4.74 Å². The van der Waals surface area contributed by atoms with Gasteiger partial charge in [-0.05, 0) is 19.4 Å². The Kier molecular flexibility index (Phi) is 2.42. The monoisotopic (exact) mass is 255 g/mol. The first-order valence-corrected chi connectivity index (χ1v) is 6.11. The number of rotatable bonds is 1. The topological polar surface area (TPSA) is 55.7 Å². The number of benzene rings is 1. The lowest BCUT2D eigenvalue weighted by molar-refractivity contribution is -0.110. The van der Waals surface area contributed by atoms with Gasteiger partial charge in [0.15, 0.2) is 0 Å². The molecule has 1 aliphatic heterocycles. The number of aliphatic imine (C=N–C) groups is 1. The van der Waals surface area contributed by atoms with Gasteiger partial charge in [0.25, 0.3) is 0 Å². The van der Waals surface area contributed by atoms with Crippen molar-refractivity contribution in [3.63, 3.8) is 0 Å². The van der Waals surface area contributed by atoms with Crippen molar-refractivity contribution >= 4 is 23.0 Å². The van der Waals surface area contributed by atoms with E-state index in [1.165, 1.54) is 6.08 Å². The summed E-state index contributed by atoms with van der Waals surface area (Å²) >= 11 is 0. The lowest BCUT2D eigenvalue weighted by atomic mass is 9.89. The Morgan fingerprint density at radius 1 is 1.16 bits per heavy atom. The first kappa shape index (κ1) is 11.8. The predicted octanol–water partition coefficient (Wildman–Crippen LogP) is 2.04. The van der Waals surface area contributed by atoms with Crippen molar-refractivity contribution < 1.29 is 14.3 Å². The highest BCUT2D eigenvalue weighted by atomic mass is 16.5. The summed E-state index contributed by atoms with van der Waals surface area (Å²) in [7, 11) is 0. The van der Waals surface area contributed by atoms with E-state index < -0.39 is 11.6 Å². The van der Waals surface area contributed by atoms with Gasteiger partial charge in [-0.15, -0.1) is 0 Å². The molecule has 0 saturated carbocycles. The molecular weight excluding hydrogens is 242 g/mol. The predicted molar refractivity (Wildman–Crippen MR) is 71.2 cm³/mol. The molecule has 4 heteroatoms. The van der Waals surface area contributed by atoms with Gasteiger partial charge in [0.05, 0.1) is 5.54 Å². The fraction of sp³-hybridized carbons (Fsp3) is 0.267. The van der Waals surface area contributed by atoms with Crippen molar-refractivity contribution in [2.24, 2.45) is 4.99 Å². The van der Waals surface area contributed by atoms with Crippen molar-refractivity contribution in [1.29, 1.82) is 0 Å². The number of Topliss-reactive ketones (excluding diaryl/α,β-unsaturated/α-hetero) is 1. The quantitative estimate of drug-likeness (QED) is 0.721. The molecule has 0 saturated heterocycles. The lowest BCUT2D eigenvalue weighted by Crippen LogP contribution is -2.21. The molecule has 1 aromatic rings. The maximum absolute atomic E-state index is 11.8. The van der Waals surface area contributed by atoms with Gasteiger partial charge in [0, 0.05) is 17.2 Å². The summed E-state index contributed by atoms with van der Waals surface area (Å²) in [5.41, 5.74) is 1.44. The molecule has 1 aromatic carbocycles. The highest BCUT2D eigenvalue weighted by Gasteiger charge is 2.33. The van der Waals surface area contributed by atoms with Crippen molar-refractivity contribution in [3.05, 3.63) is 41.5 Å². The van der Waals surface area contributed by atoms with E-state index in [1.807, 2.05) is 26.0 Å². The molecule has 4 nitrogen and oxygen atoms in total. The number of ketones is 2. The zero-order valence-electron chi connectivity index (χ0n) is 10.8. The highest BCUT2D eigenvalue weighted by molar-refractivity contribution is 6.53. The normalized spacial score (nSPS) is 20.5. The van der Waals surface area contributed by atoms with Crippen LogP contribution in [-0.2, 0) is 9.53 Å². The van der Waals surface area contributed by atoms with Crippen LogP contribution in [0, 0.1) is 0 Å². The van der Waals surface area contributed by atoms with E-state index in [1.54, 1.807) is 12.1 Å². The van der Waals surface area contributed by atoms with Gasteiger partial charge in [-0.25, -0.2) is 4.99 Å². The Labute approximate surface area is 110 Å². The minimum absolute atomic E-state index is 0.296. The van der Waals surface area contributed by atoms with E-state index in [0.717, 1.165) is 0 Å². The number of carbonyl (C=O) groups excluding carboxylic acids is 2. The van der Waals surface area contributed by atoms with Crippen molar-refractivity contribution in [1.82, 2.24) is 0 Å². The SMILES string of the molecule is CC1(C)COC(C2=CC(=O)C(=O)c3ccccc32)=N1. The number of fused-ring (bicyclic) bond motifs is 1. The minimum atomic E-state index is -0.523. The molecule has 0 amide bonds. The molecule has 0 radical (unpaired) electrons. The van der Waals surface area contributed by atoms with Crippen LogP contribution in [0.4, 0.5) is 0 Å². The number of hydrogen-bond donors (Lipinski definition) is 0. The number of nitrogens with zero attached hydrogens (tertiary/aromatic N) is 1. The lowest BCUT2D eigenvalue weighted by Gasteiger charge is -2.15. The second-order valence-corrected chi connectivity index (χ2v) is 5.32. The zero-order chi connectivity index (χ0) is 13.6. The van der Waals surface area contributed by atoms with Crippen LogP contribution >= 0.6 is 0 Å². The van der Waals surface area contributed by atoms with Crippen molar-refractivity contribution in [2.45, 2.75) is 19.4 Å². The fourth-order valence-corrected chi connectivity index (χ4v) is 2.22. The second kappa shape index (κ2) is 3.88. The molecular formula is C15H13NO3. The van der Waals surface area contributed by atoms with Gasteiger partial charge < -0.3 is 4.74 Å². The molecule has 0 N–H and O–H groups in total. The Balaban J connectivity index is 2.15. The molecule has 0 atom stereocenters. The third kappa shape index (κ3) is 1.89. The Morgan fingerprint density at radius 2 is 1.84 bits per heavy atom. The van der Waals surface area contributed by atoms with Crippen molar-refractivity contribution in [3.8, 4) is 0 Å². The van der Waals surface area contributed by atoms with Crippen LogP contribution in [0.5, 0.6) is 0 Å². The first-order chi connectivity index (χ1) is 8.98. The number of carbonyl (C=O) groups is 2. The largest absolute Gasteiger partial charge is 0.475 e. The first-order valence-electron chi connectivity index (χ1n) is 6.11. The maximum atomic E-state index is 11.8. The van der Waals surface area contributed by atoms with E-state index >= 15 is 0 Å². The van der Waals surface area contributed by atoms with Gasteiger partial charge in [-0.2, -0.15) is 0 Å². The molecule has 0 fully saturated rings. The Hall–Kier alpha value is -2.23. The molecule has 0 unspecified atom stereocenters. The van der Waals surface area contributed by atoms with Crippen LogP contribution < -0.4 is 0 Å². The summed E-state index contributed by atoms with van der Waals surface area (Å²) in [5.74, 6) is -0.555. The van der Waals surface area contributed by atoms with Gasteiger partial charge in [-0.1, -0.05) is 24.3 Å². The number of ether oxygens (including phenoxy) is 1. The third-order valence-corrected chi connectivity index (χ3v) is 3.16. The minimum Gasteiger partial charge on any atom is -0.475 e. The highest BCUT2D eigenvalue weighted by Crippen LogP contribution is 2.30. The molecule has 0 spiro atoms. The third-order valence-electron chi connectivity index (χ3n) is 3.16. The van der Waals surface area contributed by atoms with Gasteiger partial charge in [0.1, 0.15) is 6.61 Å². The Morgan fingerprint density at radius 3 is 2.47 bits per heavy atom. The van der Waals surface area contributed by atoms with Crippen LogP contribution in [0.1, 0.15) is 29.8 Å². The molecule has 1 aliphatic carbocycles. The summed E-state index contributed by atoms with van der Waals surface area (Å²) in [6.45, 7) is 4.40. The molecule has 1 heterocycles. The van der Waals surface area contributed by atoms with Crippen LogP contribution in [-0.4, -0.2) is 29.6 Å². The van der Waals surface area contributed by atoms with Crippen LogP contribution in [0.15, 0.2) is 35.3 Å². The summed E-state index contributed by atoms with van der Waals surface area (Å²) in [4.78, 5) is 28.0. The summed E-state index contributed by atoms with van der Waals surface area (Å²) < 4.78 is 5.57. The molecule has 19 heavy (non-hydrogen) atoms. The molecule has 0 aromatic heterocycles. The fourth-order valence-electron chi connectivity index (χ4n) is 2.22. The van der Waals surface area contributed by atoms with Crippen LogP contribution in [0.25, 0.3) is 5.57 Å². The summed E-state index contributed by atoms with van der Waals surface area (Å²) in [5, 5.41) is 0. The van der Waals surface area contributed by atoms with E-state index in [-0.39, 0.29) is 5.54 Å². The Bertz CT molecular complexity index is 653. The van der Waals surface area contributed by atoms with E-state index in [9.17, 15) is 9.59 Å². The molecule has 3 rings (SSSR count). The van der Waals surface area contributed by atoms with E-state index in [2.05, 4.69) is 4.99 Å². The average Bonchev–Trinajstić information content (AvgIpc) is 2.74. The van der Waals surface area contributed by atoms with Crippen molar-refractivity contribution in [2.75, 3.05) is 6.61 Å². The number of allylic oxidation sites excluding steroid dienone is 1. The van der Waals surface area contributed by atoms with Crippen LogP contribution in [0.3, 0.4) is 0 Å². The van der Waals surface area contributed by atoms with Gasteiger partial charge >= 0.3 is 0 Å². The number of hydrogen-bond acceptors (Lipinski definition) is 4. The molecule has 2 aliphatic rings. The standard InChI is InChI=1S/C15H13NO3/c1-15(2)8-19-14(16-15)11-7-12(17)13(18)10-6-4-3-5-9(10)11/h3-7H,8H2,1-2H3. The second-order valence-electron chi connectivity index (χ2n) is 5.32. The molecule has 96 valence electrons. The van der Waals surface area contributed by atoms with Gasteiger partial charge in [-0.3, -0.25) is 9.59 Å². The average molecular weight is 255 g/mol. The van der Waals surface area contributed by atoms with E-state index in [0.29, 0.717) is 29.2 Å². The summed E-state index contributed by atoms with van der Waals surface area (Å²) in [6.07, 6.45) is 1.32.